The zero-order valence-corrected chi connectivity index (χ0v) is 15.9. The molecule has 0 aliphatic carbocycles. The van der Waals surface area contributed by atoms with E-state index in [4.69, 9.17) is 4.98 Å². The number of fused-ring (bicyclic) bond motifs is 1. The molecule has 0 atom stereocenters. The van der Waals surface area contributed by atoms with E-state index in [2.05, 4.69) is 40.2 Å². The number of aromatic nitrogens is 4. The molecule has 3 rings (SSSR count). The Kier molecular flexibility index (Phi) is 5.56. The molecule has 0 N–H and O–H groups in total. The predicted octanol–water partition coefficient (Wildman–Crippen LogP) is 3.31. The molecule has 0 unspecified atom stereocenters. The first-order chi connectivity index (χ1) is 11.6. The number of imidazole rings is 1. The Bertz CT molecular complexity index is 677. The zero-order valence-electron chi connectivity index (χ0n) is 15.1. The molecular formula is C18H27N5S. The van der Waals surface area contributed by atoms with Crippen molar-refractivity contribution in [1.82, 2.24) is 24.4 Å². The summed E-state index contributed by atoms with van der Waals surface area (Å²) in [4.78, 5) is 16.1. The SMILES string of the molecule is CSc1ncc(CN2CCn3c(C)nc(CCC(C)C)c3C2)cn1. The van der Waals surface area contributed by atoms with Gasteiger partial charge in [0.05, 0.1) is 11.4 Å². The standard InChI is InChI=1S/C18H27N5S/c1-13(2)5-6-16-17-12-22(7-8-23(17)14(3)21-16)11-15-9-19-18(24-4)20-10-15/h9-10,13H,5-8,11-12H2,1-4H3. The third-order valence-corrected chi connectivity index (χ3v) is 5.16. The summed E-state index contributed by atoms with van der Waals surface area (Å²) in [6.45, 7) is 10.6. The van der Waals surface area contributed by atoms with E-state index in [1.54, 1.807) is 11.8 Å². The molecule has 3 heterocycles. The summed E-state index contributed by atoms with van der Waals surface area (Å²) in [5.74, 6) is 1.88. The molecule has 0 radical (unpaired) electrons. The van der Waals surface area contributed by atoms with Crippen LogP contribution in [0.5, 0.6) is 0 Å². The van der Waals surface area contributed by atoms with Crippen molar-refractivity contribution in [3.8, 4) is 0 Å². The lowest BCUT2D eigenvalue weighted by molar-refractivity contribution is 0.210. The van der Waals surface area contributed by atoms with Crippen LogP contribution in [0.15, 0.2) is 17.6 Å². The molecule has 0 spiro atoms. The molecule has 1 aliphatic rings. The molecule has 0 fully saturated rings. The van der Waals surface area contributed by atoms with Gasteiger partial charge in [-0.2, -0.15) is 0 Å². The number of nitrogens with zero attached hydrogens (tertiary/aromatic N) is 5. The highest BCUT2D eigenvalue weighted by Crippen LogP contribution is 2.22. The van der Waals surface area contributed by atoms with Gasteiger partial charge in [0, 0.05) is 44.1 Å². The van der Waals surface area contributed by atoms with Crippen LogP contribution < -0.4 is 0 Å². The minimum atomic E-state index is 0.717. The summed E-state index contributed by atoms with van der Waals surface area (Å²) in [6.07, 6.45) is 8.20. The topological polar surface area (TPSA) is 46.8 Å². The fourth-order valence-corrected chi connectivity index (χ4v) is 3.54. The van der Waals surface area contributed by atoms with Crippen LogP contribution in [0.3, 0.4) is 0 Å². The first-order valence-corrected chi connectivity index (χ1v) is 9.91. The Morgan fingerprint density at radius 2 is 1.96 bits per heavy atom. The van der Waals surface area contributed by atoms with Gasteiger partial charge in [0.2, 0.25) is 0 Å². The number of thioether (sulfide) groups is 1. The zero-order chi connectivity index (χ0) is 17.1. The van der Waals surface area contributed by atoms with Crippen LogP contribution >= 0.6 is 11.8 Å². The molecule has 130 valence electrons. The summed E-state index contributed by atoms with van der Waals surface area (Å²) >= 11 is 1.58. The maximum Gasteiger partial charge on any atom is 0.187 e. The van der Waals surface area contributed by atoms with Gasteiger partial charge >= 0.3 is 0 Å². The summed E-state index contributed by atoms with van der Waals surface area (Å²) in [6, 6.07) is 0. The predicted molar refractivity (Wildman–Crippen MR) is 98.1 cm³/mol. The second kappa shape index (κ2) is 7.66. The molecule has 2 aromatic rings. The third-order valence-electron chi connectivity index (χ3n) is 4.59. The highest BCUT2D eigenvalue weighted by molar-refractivity contribution is 7.98. The van der Waals surface area contributed by atoms with Gasteiger partial charge in [0.25, 0.3) is 0 Å². The van der Waals surface area contributed by atoms with Crippen LogP contribution in [-0.2, 0) is 26.1 Å². The largest absolute Gasteiger partial charge is 0.330 e. The maximum absolute atomic E-state index is 4.84. The van der Waals surface area contributed by atoms with Crippen molar-refractivity contribution >= 4 is 11.8 Å². The van der Waals surface area contributed by atoms with E-state index in [1.165, 1.54) is 23.4 Å². The Balaban J connectivity index is 1.70. The van der Waals surface area contributed by atoms with E-state index in [1.807, 2.05) is 18.6 Å². The average Bonchev–Trinajstić information content (AvgIpc) is 2.89. The lowest BCUT2D eigenvalue weighted by Gasteiger charge is -2.29. The van der Waals surface area contributed by atoms with E-state index < -0.39 is 0 Å². The molecule has 0 saturated heterocycles. The lowest BCUT2D eigenvalue weighted by Crippen LogP contribution is -2.33. The Hall–Kier alpha value is -1.40. The van der Waals surface area contributed by atoms with E-state index in [0.717, 1.165) is 49.5 Å². The van der Waals surface area contributed by atoms with Gasteiger partial charge in [0.15, 0.2) is 5.16 Å². The van der Waals surface area contributed by atoms with Crippen molar-refractivity contribution in [2.75, 3.05) is 12.8 Å². The van der Waals surface area contributed by atoms with Gasteiger partial charge in [-0.25, -0.2) is 15.0 Å². The van der Waals surface area contributed by atoms with E-state index >= 15 is 0 Å². The van der Waals surface area contributed by atoms with Crippen molar-refractivity contribution in [2.24, 2.45) is 5.92 Å². The third kappa shape index (κ3) is 3.98. The second-order valence-electron chi connectivity index (χ2n) is 6.93. The molecule has 0 saturated carbocycles. The number of aryl methyl sites for hydroxylation is 2. The van der Waals surface area contributed by atoms with Gasteiger partial charge < -0.3 is 4.57 Å². The van der Waals surface area contributed by atoms with Crippen molar-refractivity contribution < 1.29 is 0 Å². The minimum Gasteiger partial charge on any atom is -0.330 e. The van der Waals surface area contributed by atoms with E-state index in [-0.39, 0.29) is 0 Å². The minimum absolute atomic E-state index is 0.717. The summed E-state index contributed by atoms with van der Waals surface area (Å²) in [7, 11) is 0. The van der Waals surface area contributed by atoms with E-state index in [9.17, 15) is 0 Å². The van der Waals surface area contributed by atoms with Crippen molar-refractivity contribution in [1.29, 1.82) is 0 Å². The molecule has 6 heteroatoms. The Labute approximate surface area is 148 Å². The van der Waals surface area contributed by atoms with Crippen LogP contribution in [0.2, 0.25) is 0 Å². The summed E-state index contributed by atoms with van der Waals surface area (Å²) < 4.78 is 2.40. The fraction of sp³-hybridized carbons (Fsp3) is 0.611. The van der Waals surface area contributed by atoms with Gasteiger partial charge in [0.1, 0.15) is 5.82 Å². The van der Waals surface area contributed by atoms with Gasteiger partial charge in [-0.05, 0) is 31.9 Å². The molecular weight excluding hydrogens is 318 g/mol. The lowest BCUT2D eigenvalue weighted by atomic mass is 10.0. The van der Waals surface area contributed by atoms with E-state index in [0.29, 0.717) is 0 Å². The Morgan fingerprint density at radius 3 is 2.62 bits per heavy atom. The first-order valence-electron chi connectivity index (χ1n) is 8.69. The molecule has 0 amide bonds. The smallest absolute Gasteiger partial charge is 0.187 e. The normalized spacial score (nSPS) is 15.0. The molecule has 5 nitrogen and oxygen atoms in total. The fourth-order valence-electron chi connectivity index (χ4n) is 3.23. The molecule has 24 heavy (non-hydrogen) atoms. The highest BCUT2D eigenvalue weighted by atomic mass is 32.2. The van der Waals surface area contributed by atoms with Crippen LogP contribution in [0, 0.1) is 12.8 Å². The number of rotatable bonds is 6. The summed E-state index contributed by atoms with van der Waals surface area (Å²) in [5.41, 5.74) is 3.88. The van der Waals surface area contributed by atoms with Gasteiger partial charge in [-0.1, -0.05) is 25.6 Å². The Morgan fingerprint density at radius 1 is 1.21 bits per heavy atom. The quantitative estimate of drug-likeness (QED) is 0.594. The molecule has 0 bridgehead atoms. The molecule has 0 aromatic carbocycles. The van der Waals surface area contributed by atoms with Crippen molar-refractivity contribution in [3.05, 3.63) is 35.2 Å². The van der Waals surface area contributed by atoms with Crippen molar-refractivity contribution in [2.45, 2.75) is 58.4 Å². The van der Waals surface area contributed by atoms with Crippen LogP contribution in [-0.4, -0.2) is 37.2 Å². The van der Waals surface area contributed by atoms with Crippen molar-refractivity contribution in [3.63, 3.8) is 0 Å². The van der Waals surface area contributed by atoms with Gasteiger partial charge in [-0.3, -0.25) is 4.90 Å². The maximum atomic E-state index is 4.84. The average molecular weight is 346 g/mol. The highest BCUT2D eigenvalue weighted by Gasteiger charge is 2.22. The summed E-state index contributed by atoms with van der Waals surface area (Å²) in [5, 5.41) is 0.835. The first kappa shape index (κ1) is 17.4. The van der Waals surface area contributed by atoms with Crippen LogP contribution in [0.1, 0.15) is 43.0 Å². The molecule has 1 aliphatic heterocycles. The van der Waals surface area contributed by atoms with Crippen LogP contribution in [0.4, 0.5) is 0 Å². The van der Waals surface area contributed by atoms with Gasteiger partial charge in [-0.15, -0.1) is 0 Å². The monoisotopic (exact) mass is 345 g/mol. The molecule has 2 aromatic heterocycles. The number of hydrogen-bond donors (Lipinski definition) is 0. The second-order valence-corrected chi connectivity index (χ2v) is 7.70. The van der Waals surface area contributed by atoms with Crippen LogP contribution in [0.25, 0.3) is 0 Å². The number of hydrogen-bond acceptors (Lipinski definition) is 5.